The lowest BCUT2D eigenvalue weighted by Gasteiger charge is -2.24. The van der Waals surface area contributed by atoms with Crippen LogP contribution in [0, 0.1) is 19.8 Å². The third-order valence-electron chi connectivity index (χ3n) is 7.29. The van der Waals surface area contributed by atoms with Gasteiger partial charge < -0.3 is 15.0 Å². The van der Waals surface area contributed by atoms with Gasteiger partial charge in [0.2, 0.25) is 5.91 Å². The summed E-state index contributed by atoms with van der Waals surface area (Å²) in [7, 11) is 0. The van der Waals surface area contributed by atoms with Crippen LogP contribution in [0.2, 0.25) is 0 Å². The number of carbonyl (C=O) groups excluding carboxylic acids is 1. The third kappa shape index (κ3) is 6.11. The molecule has 4 rings (SSSR count). The van der Waals surface area contributed by atoms with Crippen molar-refractivity contribution < 1.29 is 14.7 Å². The summed E-state index contributed by atoms with van der Waals surface area (Å²) in [5.41, 5.74) is 5.58. The Morgan fingerprint density at radius 1 is 1.03 bits per heavy atom. The number of carboxylic acids is 1. The molecule has 1 saturated carbocycles. The zero-order chi connectivity index (χ0) is 25.7. The number of carbonyl (C=O) groups is 2. The van der Waals surface area contributed by atoms with Gasteiger partial charge in [-0.2, -0.15) is 0 Å². The number of amides is 1. The van der Waals surface area contributed by atoms with E-state index >= 15 is 0 Å². The van der Waals surface area contributed by atoms with Gasteiger partial charge >= 0.3 is 5.97 Å². The zero-order valence-corrected chi connectivity index (χ0v) is 21.0. The second kappa shape index (κ2) is 11.4. The van der Waals surface area contributed by atoms with Crippen LogP contribution in [0.15, 0.2) is 65.6 Å². The number of hydrogen-bond donors (Lipinski definition) is 2. The molecule has 1 aliphatic rings. The third-order valence-corrected chi connectivity index (χ3v) is 7.29. The summed E-state index contributed by atoms with van der Waals surface area (Å²) < 4.78 is 1.70. The number of anilines is 1. The first kappa shape index (κ1) is 25.4. The maximum Gasteiger partial charge on any atom is 0.303 e. The molecule has 1 atom stereocenters. The van der Waals surface area contributed by atoms with Gasteiger partial charge in [-0.05, 0) is 72.9 Å². The predicted octanol–water partition coefficient (Wildman–Crippen LogP) is 5.44. The maximum atomic E-state index is 13.6. The summed E-state index contributed by atoms with van der Waals surface area (Å²) in [6, 6.07) is 17.1. The summed E-state index contributed by atoms with van der Waals surface area (Å²) in [5.74, 6) is -0.833. The van der Waals surface area contributed by atoms with Crippen LogP contribution in [0.1, 0.15) is 65.8 Å². The molecule has 1 fully saturated rings. The van der Waals surface area contributed by atoms with Crippen molar-refractivity contribution in [2.45, 2.75) is 64.8 Å². The second-order valence-electron chi connectivity index (χ2n) is 9.91. The molecule has 188 valence electrons. The van der Waals surface area contributed by atoms with E-state index in [0.717, 1.165) is 59.2 Å². The van der Waals surface area contributed by atoms with Gasteiger partial charge in [-0.25, -0.2) is 0 Å². The number of aryl methyl sites for hydroxylation is 2. The largest absolute Gasteiger partial charge is 0.481 e. The number of hydrogen-bond acceptors (Lipinski definition) is 3. The van der Waals surface area contributed by atoms with Gasteiger partial charge in [0, 0.05) is 24.4 Å². The van der Waals surface area contributed by atoms with Crippen molar-refractivity contribution in [3.05, 3.63) is 99.0 Å². The van der Waals surface area contributed by atoms with Crippen molar-refractivity contribution in [2.24, 2.45) is 5.92 Å². The summed E-state index contributed by atoms with van der Waals surface area (Å²) >= 11 is 0. The van der Waals surface area contributed by atoms with Crippen LogP contribution in [0.25, 0.3) is 0 Å². The van der Waals surface area contributed by atoms with Gasteiger partial charge in [-0.1, -0.05) is 55.3 Å². The number of nitrogens with zero attached hydrogens (tertiary/aromatic N) is 1. The van der Waals surface area contributed by atoms with Crippen molar-refractivity contribution in [3.63, 3.8) is 0 Å². The highest BCUT2D eigenvalue weighted by atomic mass is 16.4. The Kier molecular flexibility index (Phi) is 8.04. The number of carboxylic acid groups (broad SMARTS) is 1. The van der Waals surface area contributed by atoms with E-state index in [1.807, 2.05) is 68.6 Å². The first-order chi connectivity index (χ1) is 17.3. The molecular formula is C30H34N2O4. The SMILES string of the molecule is Cc1ccc(=O)n(Cc2ccc(C(C(=O)Nc3cccc(CCC(=O)O)c3C)C3CCCC3)cc2)c1. The molecule has 0 saturated heterocycles. The van der Waals surface area contributed by atoms with E-state index in [2.05, 4.69) is 5.32 Å². The maximum absolute atomic E-state index is 13.6. The Morgan fingerprint density at radius 2 is 1.75 bits per heavy atom. The van der Waals surface area contributed by atoms with E-state index in [0.29, 0.717) is 13.0 Å². The molecule has 1 unspecified atom stereocenters. The molecule has 1 aliphatic carbocycles. The van der Waals surface area contributed by atoms with Crippen LogP contribution in [0.3, 0.4) is 0 Å². The Labute approximate surface area is 212 Å². The molecule has 0 radical (unpaired) electrons. The topological polar surface area (TPSA) is 88.4 Å². The van der Waals surface area contributed by atoms with Crippen LogP contribution >= 0.6 is 0 Å². The summed E-state index contributed by atoms with van der Waals surface area (Å²) in [4.78, 5) is 36.8. The van der Waals surface area contributed by atoms with Crippen LogP contribution in [0.4, 0.5) is 5.69 Å². The number of aliphatic carboxylic acids is 1. The summed E-state index contributed by atoms with van der Waals surface area (Å²) in [6.45, 7) is 4.39. The van der Waals surface area contributed by atoms with Gasteiger partial charge in [0.1, 0.15) is 0 Å². The summed E-state index contributed by atoms with van der Waals surface area (Å²) in [5, 5.41) is 12.2. The molecule has 6 nitrogen and oxygen atoms in total. The average Bonchev–Trinajstić information content (AvgIpc) is 3.37. The van der Waals surface area contributed by atoms with E-state index < -0.39 is 5.97 Å². The van der Waals surface area contributed by atoms with E-state index in [1.165, 1.54) is 0 Å². The van der Waals surface area contributed by atoms with Crippen LogP contribution < -0.4 is 10.9 Å². The fraction of sp³-hybridized carbons (Fsp3) is 0.367. The molecule has 0 bridgehead atoms. The molecule has 2 N–H and O–H groups in total. The van der Waals surface area contributed by atoms with Gasteiger partial charge in [-0.15, -0.1) is 0 Å². The molecule has 36 heavy (non-hydrogen) atoms. The van der Waals surface area contributed by atoms with Crippen molar-refractivity contribution in [1.29, 1.82) is 0 Å². The molecule has 6 heteroatoms. The quantitative estimate of drug-likeness (QED) is 0.421. The lowest BCUT2D eigenvalue weighted by Crippen LogP contribution is -2.27. The van der Waals surface area contributed by atoms with Gasteiger partial charge in [0.15, 0.2) is 0 Å². The Bertz CT molecular complexity index is 1290. The van der Waals surface area contributed by atoms with Crippen molar-refractivity contribution in [2.75, 3.05) is 5.32 Å². The molecule has 3 aromatic rings. The molecule has 1 amide bonds. The van der Waals surface area contributed by atoms with Crippen LogP contribution in [-0.4, -0.2) is 21.6 Å². The van der Waals surface area contributed by atoms with Crippen molar-refractivity contribution >= 4 is 17.6 Å². The van der Waals surface area contributed by atoms with Crippen molar-refractivity contribution in [3.8, 4) is 0 Å². The minimum Gasteiger partial charge on any atom is -0.481 e. The van der Waals surface area contributed by atoms with E-state index in [4.69, 9.17) is 5.11 Å². The highest BCUT2D eigenvalue weighted by Crippen LogP contribution is 2.38. The molecule has 1 heterocycles. The molecule has 0 spiro atoms. The highest BCUT2D eigenvalue weighted by molar-refractivity contribution is 5.96. The Morgan fingerprint density at radius 3 is 2.44 bits per heavy atom. The lowest BCUT2D eigenvalue weighted by molar-refractivity contribution is -0.137. The monoisotopic (exact) mass is 486 g/mol. The number of benzene rings is 2. The predicted molar refractivity (Wildman–Crippen MR) is 141 cm³/mol. The zero-order valence-electron chi connectivity index (χ0n) is 21.0. The molecule has 2 aromatic carbocycles. The van der Waals surface area contributed by atoms with Crippen molar-refractivity contribution in [1.82, 2.24) is 4.57 Å². The molecular weight excluding hydrogens is 452 g/mol. The smallest absolute Gasteiger partial charge is 0.303 e. The van der Waals surface area contributed by atoms with Gasteiger partial charge in [0.25, 0.3) is 5.56 Å². The van der Waals surface area contributed by atoms with Gasteiger partial charge in [0.05, 0.1) is 12.5 Å². The minimum absolute atomic E-state index is 0.0250. The fourth-order valence-electron chi connectivity index (χ4n) is 5.27. The number of nitrogens with one attached hydrogen (secondary N) is 1. The number of aromatic nitrogens is 1. The molecule has 0 aliphatic heterocycles. The highest BCUT2D eigenvalue weighted by Gasteiger charge is 2.32. The van der Waals surface area contributed by atoms with Crippen LogP contribution in [0.5, 0.6) is 0 Å². The Balaban J connectivity index is 1.55. The average molecular weight is 487 g/mol. The normalized spacial score (nSPS) is 14.5. The van der Waals surface area contributed by atoms with E-state index in [9.17, 15) is 14.4 Å². The number of pyridine rings is 1. The second-order valence-corrected chi connectivity index (χ2v) is 9.91. The minimum atomic E-state index is -0.833. The lowest BCUT2D eigenvalue weighted by atomic mass is 9.83. The summed E-state index contributed by atoms with van der Waals surface area (Å²) in [6.07, 6.45) is 6.66. The first-order valence-corrected chi connectivity index (χ1v) is 12.7. The first-order valence-electron chi connectivity index (χ1n) is 12.7. The van der Waals surface area contributed by atoms with Crippen LogP contribution in [-0.2, 0) is 22.6 Å². The Hall–Kier alpha value is -3.67. The standard InChI is InChI=1S/C30H34N2O4/c1-20-10-16-27(33)32(18-20)19-22-11-13-25(14-12-22)29(24-6-3-4-7-24)30(36)31-26-9-5-8-23(21(26)2)15-17-28(34)35/h5,8-14,16,18,24,29H,3-4,6-7,15,17,19H2,1-2H3,(H,31,36)(H,34,35). The molecule has 1 aromatic heterocycles. The fourth-order valence-corrected chi connectivity index (χ4v) is 5.27. The van der Waals surface area contributed by atoms with E-state index in [-0.39, 0.29) is 29.7 Å². The number of rotatable bonds is 9. The van der Waals surface area contributed by atoms with E-state index in [1.54, 1.807) is 10.6 Å². The van der Waals surface area contributed by atoms with Gasteiger partial charge in [-0.3, -0.25) is 14.4 Å².